The molecular formula is C13H14N6. The number of rotatable bonds is 2. The van der Waals surface area contributed by atoms with E-state index in [-0.39, 0.29) is 0 Å². The van der Waals surface area contributed by atoms with Gasteiger partial charge in [-0.1, -0.05) is 0 Å². The van der Waals surface area contributed by atoms with Crippen molar-refractivity contribution >= 4 is 17.0 Å². The first kappa shape index (κ1) is 11.6. The molecule has 0 spiro atoms. The van der Waals surface area contributed by atoms with Gasteiger partial charge in [-0.2, -0.15) is 4.98 Å². The Bertz CT molecular complexity index is 746. The van der Waals surface area contributed by atoms with Gasteiger partial charge in [-0.3, -0.25) is 9.99 Å². The van der Waals surface area contributed by atoms with E-state index in [1.165, 1.54) is 11.1 Å². The van der Waals surface area contributed by atoms with E-state index in [2.05, 4.69) is 46.4 Å². The van der Waals surface area contributed by atoms with Crippen molar-refractivity contribution in [2.75, 3.05) is 5.43 Å². The second-order valence-corrected chi connectivity index (χ2v) is 4.42. The van der Waals surface area contributed by atoms with Crippen LogP contribution in [0.2, 0.25) is 0 Å². The molecule has 3 rings (SSSR count). The van der Waals surface area contributed by atoms with Gasteiger partial charge in [0, 0.05) is 6.20 Å². The van der Waals surface area contributed by atoms with Gasteiger partial charge in [-0.05, 0) is 43.2 Å². The molecule has 0 atom stereocenters. The van der Waals surface area contributed by atoms with Crippen LogP contribution >= 0.6 is 0 Å². The summed E-state index contributed by atoms with van der Waals surface area (Å²) in [7, 11) is 0. The van der Waals surface area contributed by atoms with Gasteiger partial charge >= 0.3 is 0 Å². The summed E-state index contributed by atoms with van der Waals surface area (Å²) in [5.74, 6) is 6.44. The molecule has 3 N–H and O–H groups in total. The number of benzene rings is 1. The molecule has 0 unspecified atom stereocenters. The summed E-state index contributed by atoms with van der Waals surface area (Å²) in [6.07, 6.45) is 3.41. The Morgan fingerprint density at radius 3 is 2.74 bits per heavy atom. The van der Waals surface area contributed by atoms with E-state index < -0.39 is 0 Å². The van der Waals surface area contributed by atoms with Crippen molar-refractivity contribution in [1.29, 1.82) is 0 Å². The zero-order chi connectivity index (χ0) is 13.4. The van der Waals surface area contributed by atoms with Crippen LogP contribution in [0.25, 0.3) is 16.9 Å². The predicted molar refractivity (Wildman–Crippen MR) is 73.9 cm³/mol. The van der Waals surface area contributed by atoms with Crippen molar-refractivity contribution in [3.05, 3.63) is 41.9 Å². The SMILES string of the molecule is Cc1cc2ncn(-c3ccnc(NN)n3)c2cc1C. The summed E-state index contributed by atoms with van der Waals surface area (Å²) in [5, 5.41) is 0. The zero-order valence-electron chi connectivity index (χ0n) is 10.8. The molecule has 0 amide bonds. The van der Waals surface area contributed by atoms with Gasteiger partial charge in [0.05, 0.1) is 11.0 Å². The third-order valence-corrected chi connectivity index (χ3v) is 3.18. The molecule has 0 saturated heterocycles. The summed E-state index contributed by atoms with van der Waals surface area (Å²) in [6.45, 7) is 4.16. The van der Waals surface area contributed by atoms with Gasteiger partial charge in [-0.15, -0.1) is 0 Å². The number of nitrogen functional groups attached to an aromatic ring is 1. The number of nitrogens with one attached hydrogen (secondary N) is 1. The number of hydrazine groups is 1. The molecule has 1 aromatic carbocycles. The van der Waals surface area contributed by atoms with E-state index in [9.17, 15) is 0 Å². The molecule has 0 aliphatic rings. The van der Waals surface area contributed by atoms with E-state index in [4.69, 9.17) is 5.84 Å². The topological polar surface area (TPSA) is 81.7 Å². The summed E-state index contributed by atoms with van der Waals surface area (Å²) in [5.41, 5.74) is 6.86. The molecule has 6 nitrogen and oxygen atoms in total. The Morgan fingerprint density at radius 1 is 1.16 bits per heavy atom. The van der Waals surface area contributed by atoms with Crippen molar-refractivity contribution in [3.8, 4) is 5.82 Å². The van der Waals surface area contributed by atoms with E-state index in [1.54, 1.807) is 12.5 Å². The van der Waals surface area contributed by atoms with Crippen LogP contribution in [-0.2, 0) is 0 Å². The lowest BCUT2D eigenvalue weighted by Crippen LogP contribution is -2.11. The monoisotopic (exact) mass is 254 g/mol. The summed E-state index contributed by atoms with van der Waals surface area (Å²) < 4.78 is 1.92. The van der Waals surface area contributed by atoms with Gasteiger partial charge < -0.3 is 0 Å². The minimum absolute atomic E-state index is 0.378. The van der Waals surface area contributed by atoms with E-state index in [1.807, 2.05) is 10.6 Å². The average Bonchev–Trinajstić information content (AvgIpc) is 2.82. The summed E-state index contributed by atoms with van der Waals surface area (Å²) in [4.78, 5) is 12.7. The minimum Gasteiger partial charge on any atom is -0.292 e. The Morgan fingerprint density at radius 2 is 1.95 bits per heavy atom. The number of nitrogens with zero attached hydrogens (tertiary/aromatic N) is 4. The largest absolute Gasteiger partial charge is 0.292 e. The van der Waals surface area contributed by atoms with Crippen molar-refractivity contribution in [1.82, 2.24) is 19.5 Å². The van der Waals surface area contributed by atoms with Gasteiger partial charge in [0.2, 0.25) is 5.95 Å². The van der Waals surface area contributed by atoms with Gasteiger partial charge in [-0.25, -0.2) is 15.8 Å². The number of hydrogen-bond acceptors (Lipinski definition) is 5. The fraction of sp³-hybridized carbons (Fsp3) is 0.154. The maximum Gasteiger partial charge on any atom is 0.239 e. The third-order valence-electron chi connectivity index (χ3n) is 3.18. The van der Waals surface area contributed by atoms with Gasteiger partial charge in [0.15, 0.2) is 0 Å². The summed E-state index contributed by atoms with van der Waals surface area (Å²) >= 11 is 0. The van der Waals surface area contributed by atoms with Gasteiger partial charge in [0.1, 0.15) is 12.1 Å². The number of fused-ring (bicyclic) bond motifs is 1. The van der Waals surface area contributed by atoms with Crippen molar-refractivity contribution in [3.63, 3.8) is 0 Å². The molecule has 3 aromatic rings. The lowest BCUT2D eigenvalue weighted by atomic mass is 10.1. The van der Waals surface area contributed by atoms with Crippen LogP contribution in [0.3, 0.4) is 0 Å². The lowest BCUT2D eigenvalue weighted by molar-refractivity contribution is 0.989. The average molecular weight is 254 g/mol. The van der Waals surface area contributed by atoms with E-state index >= 15 is 0 Å². The molecule has 96 valence electrons. The first-order valence-electron chi connectivity index (χ1n) is 5.93. The number of aryl methyl sites for hydroxylation is 2. The molecule has 0 radical (unpaired) electrons. The molecule has 19 heavy (non-hydrogen) atoms. The fourth-order valence-corrected chi connectivity index (χ4v) is 2.00. The Balaban J connectivity index is 2.22. The van der Waals surface area contributed by atoms with Gasteiger partial charge in [0.25, 0.3) is 0 Å². The standard InChI is InChI=1S/C13H14N6/c1-8-5-10-11(6-9(8)2)19(7-16-10)12-3-4-15-13(17-12)18-14/h3-7H,14H2,1-2H3,(H,15,17,18). The predicted octanol–water partition coefficient (Wildman–Crippen LogP) is 1.72. The highest BCUT2D eigenvalue weighted by Gasteiger charge is 2.08. The molecule has 6 heteroatoms. The summed E-state index contributed by atoms with van der Waals surface area (Å²) in [6, 6.07) is 6.00. The second-order valence-electron chi connectivity index (χ2n) is 4.42. The molecule has 0 fully saturated rings. The van der Waals surface area contributed by atoms with Crippen LogP contribution in [0.4, 0.5) is 5.95 Å². The molecule has 2 aromatic heterocycles. The number of aromatic nitrogens is 4. The number of nitrogens with two attached hydrogens (primary N) is 1. The van der Waals surface area contributed by atoms with Crippen molar-refractivity contribution < 1.29 is 0 Å². The third kappa shape index (κ3) is 1.92. The van der Waals surface area contributed by atoms with Crippen molar-refractivity contribution in [2.45, 2.75) is 13.8 Å². The van der Waals surface area contributed by atoms with Crippen LogP contribution in [0.15, 0.2) is 30.7 Å². The van der Waals surface area contributed by atoms with E-state index in [0.29, 0.717) is 5.95 Å². The highest BCUT2D eigenvalue weighted by Crippen LogP contribution is 2.21. The fourth-order valence-electron chi connectivity index (χ4n) is 2.00. The van der Waals surface area contributed by atoms with Crippen LogP contribution in [-0.4, -0.2) is 19.5 Å². The first-order valence-corrected chi connectivity index (χ1v) is 5.93. The normalized spacial score (nSPS) is 10.9. The zero-order valence-corrected chi connectivity index (χ0v) is 10.8. The Kier molecular flexibility index (Phi) is 2.64. The van der Waals surface area contributed by atoms with E-state index in [0.717, 1.165) is 16.9 Å². The molecule has 0 aliphatic heterocycles. The Labute approximate surface area is 110 Å². The Hall–Kier alpha value is -2.47. The maximum absolute atomic E-state index is 5.33. The number of hydrogen-bond donors (Lipinski definition) is 2. The van der Waals surface area contributed by atoms with Crippen LogP contribution < -0.4 is 11.3 Å². The highest BCUT2D eigenvalue weighted by molar-refractivity contribution is 5.78. The first-order chi connectivity index (χ1) is 9.19. The molecule has 0 aliphatic carbocycles. The van der Waals surface area contributed by atoms with Crippen LogP contribution in [0, 0.1) is 13.8 Å². The quantitative estimate of drug-likeness (QED) is 0.537. The highest BCUT2D eigenvalue weighted by atomic mass is 15.3. The molecule has 0 saturated carbocycles. The van der Waals surface area contributed by atoms with Crippen LogP contribution in [0.1, 0.15) is 11.1 Å². The second kappa shape index (κ2) is 4.33. The molecular weight excluding hydrogens is 240 g/mol. The molecule has 0 bridgehead atoms. The molecule has 2 heterocycles. The number of anilines is 1. The minimum atomic E-state index is 0.378. The van der Waals surface area contributed by atoms with Crippen molar-refractivity contribution in [2.24, 2.45) is 5.84 Å². The maximum atomic E-state index is 5.33. The lowest BCUT2D eigenvalue weighted by Gasteiger charge is -2.06. The van der Waals surface area contributed by atoms with Crippen LogP contribution in [0.5, 0.6) is 0 Å². The smallest absolute Gasteiger partial charge is 0.239 e. The number of imidazole rings is 1.